The second kappa shape index (κ2) is 14.5. The maximum absolute atomic E-state index is 5.35. The highest BCUT2D eigenvalue weighted by Crippen LogP contribution is 2.41. The van der Waals surface area contributed by atoms with E-state index in [0.717, 1.165) is 44.2 Å². The van der Waals surface area contributed by atoms with Crippen molar-refractivity contribution in [2.24, 2.45) is 0 Å². The third-order valence-corrected chi connectivity index (χ3v) is 13.1. The average molecular weight is 794 g/mol. The second-order valence-electron chi connectivity index (χ2n) is 15.5. The number of fused-ring (bicyclic) bond motifs is 6. The predicted octanol–water partition coefficient (Wildman–Crippen LogP) is 15.7. The standard InChI is InChI=1S/C57H35N3S/c1-2-13-37(14-3-1)51-35-43(33-42-16-5-7-20-46(42)51)41-32-29-38-18-11-24-49(52(38)34-41)56-58-55(40-30-27-39(28-31-40)45-22-10-17-36-15-4-6-19-44(36)45)59-57(60-56)50-25-12-23-48-47-21-8-9-26-53(47)61-54(48)50/h1-35H. The van der Waals surface area contributed by atoms with Gasteiger partial charge in [-0.05, 0) is 96.0 Å². The van der Waals surface area contributed by atoms with Crippen LogP contribution in [-0.2, 0) is 0 Å². The molecule has 0 fully saturated rings. The zero-order chi connectivity index (χ0) is 40.3. The number of benzene rings is 10. The molecule has 0 radical (unpaired) electrons. The molecule has 0 amide bonds. The highest BCUT2D eigenvalue weighted by molar-refractivity contribution is 7.26. The third-order valence-electron chi connectivity index (χ3n) is 11.9. The van der Waals surface area contributed by atoms with Crippen LogP contribution in [0.4, 0.5) is 0 Å². The quantitative estimate of drug-likeness (QED) is 0.168. The van der Waals surface area contributed by atoms with E-state index < -0.39 is 0 Å². The predicted molar refractivity (Wildman–Crippen MR) is 258 cm³/mol. The van der Waals surface area contributed by atoms with Crippen LogP contribution in [0.5, 0.6) is 0 Å². The van der Waals surface area contributed by atoms with Crippen molar-refractivity contribution < 1.29 is 0 Å². The maximum atomic E-state index is 5.35. The van der Waals surface area contributed by atoms with E-state index in [2.05, 4.69) is 212 Å². The van der Waals surface area contributed by atoms with Crippen molar-refractivity contribution in [3.8, 4) is 67.5 Å². The first-order valence-electron chi connectivity index (χ1n) is 20.6. The van der Waals surface area contributed by atoms with E-state index >= 15 is 0 Å². The lowest BCUT2D eigenvalue weighted by Crippen LogP contribution is -2.01. The first-order valence-corrected chi connectivity index (χ1v) is 21.4. The molecule has 0 spiro atoms. The average Bonchev–Trinajstić information content (AvgIpc) is 3.72. The van der Waals surface area contributed by atoms with Gasteiger partial charge in [-0.15, -0.1) is 11.3 Å². The summed E-state index contributed by atoms with van der Waals surface area (Å²) in [5.41, 5.74) is 9.96. The number of hydrogen-bond acceptors (Lipinski definition) is 4. The number of rotatable bonds is 6. The van der Waals surface area contributed by atoms with E-state index in [4.69, 9.17) is 15.0 Å². The van der Waals surface area contributed by atoms with Gasteiger partial charge in [-0.1, -0.05) is 182 Å². The fraction of sp³-hybridized carbons (Fsp3) is 0. The molecule has 12 aromatic rings. The third kappa shape index (κ3) is 6.16. The van der Waals surface area contributed by atoms with Crippen LogP contribution in [0.1, 0.15) is 0 Å². The molecule has 0 aliphatic heterocycles. The highest BCUT2D eigenvalue weighted by Gasteiger charge is 2.19. The molecule has 2 aromatic heterocycles. The van der Waals surface area contributed by atoms with Crippen molar-refractivity contribution in [3.05, 3.63) is 212 Å². The van der Waals surface area contributed by atoms with Gasteiger partial charge in [-0.2, -0.15) is 0 Å². The molecule has 3 nitrogen and oxygen atoms in total. The molecule has 0 atom stereocenters. The van der Waals surface area contributed by atoms with Gasteiger partial charge < -0.3 is 0 Å². The lowest BCUT2D eigenvalue weighted by molar-refractivity contribution is 1.08. The van der Waals surface area contributed by atoms with Gasteiger partial charge in [0.25, 0.3) is 0 Å². The first-order chi connectivity index (χ1) is 30.2. The van der Waals surface area contributed by atoms with Crippen molar-refractivity contribution in [3.63, 3.8) is 0 Å². The van der Waals surface area contributed by atoms with Gasteiger partial charge >= 0.3 is 0 Å². The maximum Gasteiger partial charge on any atom is 0.165 e. The minimum atomic E-state index is 0.637. The summed E-state index contributed by atoms with van der Waals surface area (Å²) in [4.78, 5) is 15.9. The summed E-state index contributed by atoms with van der Waals surface area (Å²) in [6.45, 7) is 0. The van der Waals surface area contributed by atoms with E-state index in [1.165, 1.54) is 58.4 Å². The summed E-state index contributed by atoms with van der Waals surface area (Å²) >= 11 is 1.79. The molecule has 0 aliphatic rings. The smallest absolute Gasteiger partial charge is 0.165 e. The van der Waals surface area contributed by atoms with Crippen LogP contribution in [0, 0.1) is 0 Å². The minimum absolute atomic E-state index is 0.637. The van der Waals surface area contributed by atoms with Gasteiger partial charge in [0.15, 0.2) is 17.5 Å². The van der Waals surface area contributed by atoms with Crippen molar-refractivity contribution >= 4 is 63.8 Å². The number of thiophene rings is 1. The van der Waals surface area contributed by atoms with Gasteiger partial charge in [0, 0.05) is 36.9 Å². The van der Waals surface area contributed by atoms with Crippen LogP contribution in [0.3, 0.4) is 0 Å². The molecule has 4 heteroatoms. The van der Waals surface area contributed by atoms with E-state index in [1.54, 1.807) is 11.3 Å². The topological polar surface area (TPSA) is 38.7 Å². The molecule has 284 valence electrons. The van der Waals surface area contributed by atoms with Crippen LogP contribution in [0.25, 0.3) is 120 Å². The molecule has 2 heterocycles. The van der Waals surface area contributed by atoms with Gasteiger partial charge in [0.05, 0.1) is 0 Å². The molecular formula is C57H35N3S. The molecular weight excluding hydrogens is 759 g/mol. The molecule has 0 aliphatic carbocycles. The van der Waals surface area contributed by atoms with Crippen molar-refractivity contribution in [2.75, 3.05) is 0 Å². The molecule has 12 rings (SSSR count). The van der Waals surface area contributed by atoms with Crippen LogP contribution >= 0.6 is 11.3 Å². The van der Waals surface area contributed by atoms with E-state index in [-0.39, 0.29) is 0 Å². The van der Waals surface area contributed by atoms with Gasteiger partial charge in [0.1, 0.15) is 0 Å². The monoisotopic (exact) mass is 793 g/mol. The largest absolute Gasteiger partial charge is 0.208 e. The Morgan fingerprint density at radius 1 is 0.262 bits per heavy atom. The Morgan fingerprint density at radius 2 is 0.803 bits per heavy atom. The molecule has 10 aromatic carbocycles. The van der Waals surface area contributed by atoms with Crippen molar-refractivity contribution in [1.82, 2.24) is 15.0 Å². The Morgan fingerprint density at radius 3 is 1.62 bits per heavy atom. The Hall–Kier alpha value is -7.79. The fourth-order valence-electron chi connectivity index (χ4n) is 8.93. The van der Waals surface area contributed by atoms with E-state index in [9.17, 15) is 0 Å². The van der Waals surface area contributed by atoms with Crippen molar-refractivity contribution in [2.45, 2.75) is 0 Å². The first kappa shape index (κ1) is 35.2. The van der Waals surface area contributed by atoms with E-state index in [1.807, 2.05) is 0 Å². The molecule has 0 N–H and O–H groups in total. The SMILES string of the molecule is c1ccc(-c2cc(-c3ccc4cccc(-c5nc(-c6ccc(-c7cccc8ccccc78)cc6)nc(-c6cccc7c6sc6ccccc67)n5)c4c3)cc3ccccc23)cc1. The van der Waals surface area contributed by atoms with Gasteiger partial charge in [-0.3, -0.25) is 0 Å². The minimum Gasteiger partial charge on any atom is -0.208 e. The molecule has 0 unspecified atom stereocenters. The zero-order valence-electron chi connectivity index (χ0n) is 33.0. The lowest BCUT2D eigenvalue weighted by atomic mass is 9.91. The number of hydrogen-bond donors (Lipinski definition) is 0. The number of aromatic nitrogens is 3. The summed E-state index contributed by atoms with van der Waals surface area (Å²) in [6.07, 6.45) is 0. The molecule has 0 saturated heterocycles. The summed E-state index contributed by atoms with van der Waals surface area (Å²) in [7, 11) is 0. The van der Waals surface area contributed by atoms with E-state index in [0.29, 0.717) is 17.5 Å². The highest BCUT2D eigenvalue weighted by atomic mass is 32.1. The van der Waals surface area contributed by atoms with Gasteiger partial charge in [-0.25, -0.2) is 15.0 Å². The second-order valence-corrected chi connectivity index (χ2v) is 16.6. The Kier molecular flexibility index (Phi) is 8.36. The lowest BCUT2D eigenvalue weighted by Gasteiger charge is -2.14. The van der Waals surface area contributed by atoms with Crippen molar-refractivity contribution in [1.29, 1.82) is 0 Å². The Balaban J connectivity index is 1.04. The molecule has 61 heavy (non-hydrogen) atoms. The summed E-state index contributed by atoms with van der Waals surface area (Å²) in [5, 5.41) is 9.57. The molecule has 0 bridgehead atoms. The normalized spacial score (nSPS) is 11.6. The summed E-state index contributed by atoms with van der Waals surface area (Å²) in [5.74, 6) is 1.94. The molecule has 0 saturated carbocycles. The summed E-state index contributed by atoms with van der Waals surface area (Å²) in [6, 6.07) is 75.9. The number of nitrogens with zero attached hydrogens (tertiary/aromatic N) is 3. The Labute approximate surface area is 356 Å². The van der Waals surface area contributed by atoms with Crippen LogP contribution in [0.15, 0.2) is 212 Å². The fourth-order valence-corrected chi connectivity index (χ4v) is 10.1. The zero-order valence-corrected chi connectivity index (χ0v) is 33.8. The summed E-state index contributed by atoms with van der Waals surface area (Å²) < 4.78 is 2.41. The van der Waals surface area contributed by atoms with Crippen LogP contribution in [-0.4, -0.2) is 15.0 Å². The van der Waals surface area contributed by atoms with Crippen LogP contribution < -0.4 is 0 Å². The Bertz CT molecular complexity index is 3640. The van der Waals surface area contributed by atoms with Gasteiger partial charge in [0.2, 0.25) is 0 Å². The van der Waals surface area contributed by atoms with Crippen LogP contribution in [0.2, 0.25) is 0 Å².